The number of hydrogen-bond donors (Lipinski definition) is 1. The number of allylic oxidation sites excluding steroid dienone is 1. The minimum atomic E-state index is -3.63. The molecule has 0 saturated heterocycles. The summed E-state index contributed by atoms with van der Waals surface area (Å²) in [4.78, 5) is 0. The number of halogens is 1. The lowest BCUT2D eigenvalue weighted by Crippen LogP contribution is -2.39. The van der Waals surface area contributed by atoms with Crippen molar-refractivity contribution in [2.24, 2.45) is 0 Å². The summed E-state index contributed by atoms with van der Waals surface area (Å²) in [5, 5.41) is 3.80. The van der Waals surface area contributed by atoms with Gasteiger partial charge >= 0.3 is 10.2 Å². The molecule has 1 aliphatic heterocycles. The van der Waals surface area contributed by atoms with Crippen LogP contribution < -0.4 is 5.32 Å². The van der Waals surface area contributed by atoms with Crippen LogP contribution in [0.25, 0.3) is 0 Å². The first-order valence-corrected chi connectivity index (χ1v) is 9.63. The second kappa shape index (κ2) is 7.07. The van der Waals surface area contributed by atoms with Gasteiger partial charge in [-0.3, -0.25) is 4.31 Å². The van der Waals surface area contributed by atoms with E-state index in [1.165, 1.54) is 22.7 Å². The molecule has 25 heavy (non-hydrogen) atoms. The molecule has 0 unspecified atom stereocenters. The molecule has 0 fully saturated rings. The highest BCUT2D eigenvalue weighted by atomic mass is 35.5. The monoisotopic (exact) mass is 377 g/mol. The van der Waals surface area contributed by atoms with Gasteiger partial charge in [0.05, 0.1) is 12.2 Å². The summed E-state index contributed by atoms with van der Waals surface area (Å²) in [6, 6.07) is 15.2. The minimum absolute atomic E-state index is 0.224. The average molecular weight is 378 g/mol. The molecule has 0 amide bonds. The predicted molar refractivity (Wildman–Crippen MR) is 101 cm³/mol. The zero-order valence-electron chi connectivity index (χ0n) is 14.1. The van der Waals surface area contributed by atoms with Crippen LogP contribution in [0.2, 0.25) is 5.02 Å². The van der Waals surface area contributed by atoms with Crippen molar-refractivity contribution in [1.82, 2.24) is 8.61 Å². The summed E-state index contributed by atoms with van der Waals surface area (Å²) in [6.45, 7) is 0.224. The van der Waals surface area contributed by atoms with E-state index in [-0.39, 0.29) is 6.54 Å². The van der Waals surface area contributed by atoms with Crippen LogP contribution in [-0.2, 0) is 23.2 Å². The number of fused-ring (bicyclic) bond motifs is 1. The molecule has 3 rings (SSSR count). The van der Waals surface area contributed by atoms with E-state index in [9.17, 15) is 8.42 Å². The Morgan fingerprint density at radius 2 is 1.88 bits per heavy atom. The largest absolute Gasteiger partial charge is 0.360 e. The third-order valence-corrected chi connectivity index (χ3v) is 6.14. The Bertz CT molecular complexity index is 896. The molecule has 2 aromatic rings. The Morgan fingerprint density at radius 3 is 2.56 bits per heavy atom. The van der Waals surface area contributed by atoms with Crippen LogP contribution in [0.15, 0.2) is 60.4 Å². The fraction of sp³-hybridized carbons (Fsp3) is 0.222. The highest BCUT2D eigenvalue weighted by molar-refractivity contribution is 7.86. The minimum Gasteiger partial charge on any atom is -0.360 e. The Balaban J connectivity index is 2.03. The summed E-state index contributed by atoms with van der Waals surface area (Å²) in [5.74, 6) is 0. The molecule has 0 aromatic heterocycles. The lowest BCUT2D eigenvalue weighted by Gasteiger charge is -2.28. The van der Waals surface area contributed by atoms with Crippen LogP contribution in [0, 0.1) is 0 Å². The molecule has 0 atom stereocenters. The number of benzene rings is 2. The van der Waals surface area contributed by atoms with E-state index in [0.717, 1.165) is 16.8 Å². The summed E-state index contributed by atoms with van der Waals surface area (Å²) in [6.07, 6.45) is 2.26. The second-order valence-electron chi connectivity index (χ2n) is 6.04. The summed E-state index contributed by atoms with van der Waals surface area (Å²) >= 11 is 6.10. The Morgan fingerprint density at radius 1 is 1.16 bits per heavy atom. The van der Waals surface area contributed by atoms with Crippen molar-refractivity contribution >= 4 is 27.5 Å². The molecular weight excluding hydrogens is 358 g/mol. The molecule has 0 aliphatic carbocycles. The number of anilines is 1. The van der Waals surface area contributed by atoms with E-state index in [0.29, 0.717) is 17.1 Å². The van der Waals surface area contributed by atoms with Crippen molar-refractivity contribution in [3.05, 3.63) is 76.6 Å². The topological polar surface area (TPSA) is 52.7 Å². The SMILES string of the molecule is CN(C)S(=O)(=O)N1Cc2cc(Cl)ccc2NC=C1Cc1ccccc1. The maximum Gasteiger partial charge on any atom is 0.303 e. The first kappa shape index (κ1) is 17.8. The van der Waals surface area contributed by atoms with E-state index < -0.39 is 10.2 Å². The standard InChI is InChI=1S/C18H20ClN3O2S/c1-21(2)25(23,24)22-13-15-11-16(19)8-9-18(15)20-12-17(22)10-14-6-4-3-5-7-14/h3-9,11-12,20H,10,13H2,1-2H3. The van der Waals surface area contributed by atoms with Gasteiger partial charge in [0.15, 0.2) is 0 Å². The number of nitrogens with zero attached hydrogens (tertiary/aromatic N) is 2. The van der Waals surface area contributed by atoms with E-state index in [4.69, 9.17) is 11.6 Å². The zero-order chi connectivity index (χ0) is 18.0. The van der Waals surface area contributed by atoms with E-state index in [2.05, 4.69) is 5.32 Å². The zero-order valence-corrected chi connectivity index (χ0v) is 15.7. The molecule has 1 heterocycles. The number of rotatable bonds is 4. The Labute approximate surface area is 153 Å². The maximum atomic E-state index is 12.9. The predicted octanol–water partition coefficient (Wildman–Crippen LogP) is 3.46. The van der Waals surface area contributed by atoms with Crippen molar-refractivity contribution in [2.75, 3.05) is 19.4 Å². The molecule has 7 heteroatoms. The fourth-order valence-corrected chi connectivity index (χ4v) is 4.00. The molecule has 5 nitrogen and oxygen atoms in total. The van der Waals surface area contributed by atoms with Crippen molar-refractivity contribution in [3.63, 3.8) is 0 Å². The molecule has 1 N–H and O–H groups in total. The molecule has 2 aromatic carbocycles. The lowest BCUT2D eigenvalue weighted by molar-refractivity contribution is 0.415. The second-order valence-corrected chi connectivity index (χ2v) is 8.54. The van der Waals surface area contributed by atoms with Gasteiger partial charge in [0.1, 0.15) is 0 Å². The smallest absolute Gasteiger partial charge is 0.303 e. The van der Waals surface area contributed by atoms with Gasteiger partial charge in [-0.05, 0) is 29.3 Å². The molecular formula is C18H20ClN3O2S. The van der Waals surface area contributed by atoms with Gasteiger partial charge in [-0.2, -0.15) is 12.7 Å². The lowest BCUT2D eigenvalue weighted by atomic mass is 10.1. The van der Waals surface area contributed by atoms with E-state index in [1.807, 2.05) is 36.4 Å². The maximum absolute atomic E-state index is 12.9. The van der Waals surface area contributed by atoms with Crippen molar-refractivity contribution in [3.8, 4) is 0 Å². The van der Waals surface area contributed by atoms with Crippen LogP contribution in [0.5, 0.6) is 0 Å². The van der Waals surface area contributed by atoms with Crippen LogP contribution >= 0.6 is 11.6 Å². The number of nitrogens with one attached hydrogen (secondary N) is 1. The molecule has 0 radical (unpaired) electrons. The number of hydrogen-bond acceptors (Lipinski definition) is 3. The normalized spacial score (nSPS) is 14.6. The van der Waals surface area contributed by atoms with E-state index in [1.54, 1.807) is 18.3 Å². The Hall–Kier alpha value is -2.02. The van der Waals surface area contributed by atoms with Crippen molar-refractivity contribution in [1.29, 1.82) is 0 Å². The first-order valence-electron chi connectivity index (χ1n) is 7.86. The summed E-state index contributed by atoms with van der Waals surface area (Å²) < 4.78 is 28.4. The van der Waals surface area contributed by atoms with E-state index >= 15 is 0 Å². The molecule has 132 valence electrons. The van der Waals surface area contributed by atoms with Gasteiger partial charge in [-0.1, -0.05) is 41.9 Å². The highest BCUT2D eigenvalue weighted by Gasteiger charge is 2.29. The summed E-state index contributed by atoms with van der Waals surface area (Å²) in [5.41, 5.74) is 3.40. The van der Waals surface area contributed by atoms with Gasteiger partial charge in [0.2, 0.25) is 0 Å². The molecule has 0 bridgehead atoms. The molecule has 0 saturated carbocycles. The van der Waals surface area contributed by atoms with Crippen LogP contribution in [0.1, 0.15) is 11.1 Å². The van der Waals surface area contributed by atoms with Gasteiger partial charge < -0.3 is 5.32 Å². The molecule has 0 spiro atoms. The summed E-state index contributed by atoms with van der Waals surface area (Å²) in [7, 11) is -0.564. The van der Waals surface area contributed by atoms with Gasteiger partial charge in [-0.25, -0.2) is 0 Å². The quantitative estimate of drug-likeness (QED) is 0.887. The molecule has 1 aliphatic rings. The third-order valence-electron chi connectivity index (χ3n) is 4.06. The van der Waals surface area contributed by atoms with Crippen LogP contribution in [0.4, 0.5) is 5.69 Å². The van der Waals surface area contributed by atoms with Gasteiger partial charge in [0.25, 0.3) is 0 Å². The van der Waals surface area contributed by atoms with Crippen molar-refractivity contribution < 1.29 is 8.42 Å². The van der Waals surface area contributed by atoms with Crippen LogP contribution in [0.3, 0.4) is 0 Å². The first-order chi connectivity index (χ1) is 11.9. The highest BCUT2D eigenvalue weighted by Crippen LogP contribution is 2.30. The fourth-order valence-electron chi connectivity index (χ4n) is 2.69. The van der Waals surface area contributed by atoms with Gasteiger partial charge in [-0.15, -0.1) is 0 Å². The Kier molecular flexibility index (Phi) is 5.03. The third kappa shape index (κ3) is 3.81. The average Bonchev–Trinajstić information content (AvgIpc) is 2.75. The van der Waals surface area contributed by atoms with Crippen LogP contribution in [-0.4, -0.2) is 31.1 Å². The van der Waals surface area contributed by atoms with Gasteiger partial charge in [0, 0.05) is 37.4 Å². The van der Waals surface area contributed by atoms with Crippen molar-refractivity contribution in [2.45, 2.75) is 13.0 Å².